The molecule has 3 rings (SSSR count). The second kappa shape index (κ2) is 5.98. The molecule has 1 aliphatic carbocycles. The third kappa shape index (κ3) is 3.00. The van der Waals surface area contributed by atoms with Crippen molar-refractivity contribution in [2.24, 2.45) is 0 Å². The highest BCUT2D eigenvalue weighted by atomic mass is 16.5. The largest absolute Gasteiger partial charge is 0.376 e. The first-order valence-electron chi connectivity index (χ1n) is 7.71. The van der Waals surface area contributed by atoms with E-state index in [1.807, 2.05) is 19.1 Å². The molecule has 2 aliphatic rings. The molecule has 1 fully saturated rings. The maximum absolute atomic E-state index is 12.3. The zero-order valence-electron chi connectivity index (χ0n) is 12.4. The maximum atomic E-state index is 12.3. The molecule has 1 N–H and O–H groups in total. The van der Waals surface area contributed by atoms with Crippen LogP contribution in [0.5, 0.6) is 0 Å². The number of ether oxygens (including phenoxy) is 1. The average Bonchev–Trinajstić information content (AvgIpc) is 2.97. The SMILES string of the molecule is Cc1cc(C(=O)NC[C@@H]2CCCO2)cc2c1C(=O)CCC2. The number of ketones is 1. The van der Waals surface area contributed by atoms with E-state index in [1.54, 1.807) is 0 Å². The number of hydrogen-bond donors (Lipinski definition) is 1. The molecule has 4 nitrogen and oxygen atoms in total. The van der Waals surface area contributed by atoms with Crippen LogP contribution in [0.2, 0.25) is 0 Å². The lowest BCUT2D eigenvalue weighted by molar-refractivity contribution is 0.0857. The lowest BCUT2D eigenvalue weighted by Gasteiger charge is -2.18. The number of aryl methyl sites for hydroxylation is 2. The Morgan fingerprint density at radius 3 is 2.95 bits per heavy atom. The molecule has 1 aliphatic heterocycles. The monoisotopic (exact) mass is 287 g/mol. The molecular weight excluding hydrogens is 266 g/mol. The van der Waals surface area contributed by atoms with Gasteiger partial charge in [-0.05, 0) is 55.9 Å². The van der Waals surface area contributed by atoms with E-state index in [1.165, 1.54) is 0 Å². The predicted octanol–water partition coefficient (Wildman–Crippen LogP) is 2.42. The molecule has 1 atom stereocenters. The minimum atomic E-state index is -0.0746. The normalized spacial score (nSPS) is 21.2. The van der Waals surface area contributed by atoms with Crippen LogP contribution in [0.1, 0.15) is 57.5 Å². The fraction of sp³-hybridized carbons (Fsp3) is 0.529. The van der Waals surface area contributed by atoms with Gasteiger partial charge in [0, 0.05) is 30.7 Å². The van der Waals surface area contributed by atoms with E-state index in [0.717, 1.165) is 49.0 Å². The number of benzene rings is 1. The molecule has 1 amide bonds. The van der Waals surface area contributed by atoms with Crippen molar-refractivity contribution in [1.82, 2.24) is 5.32 Å². The fourth-order valence-corrected chi connectivity index (χ4v) is 3.27. The molecule has 4 heteroatoms. The summed E-state index contributed by atoms with van der Waals surface area (Å²) in [5.41, 5.74) is 3.42. The highest BCUT2D eigenvalue weighted by Crippen LogP contribution is 2.26. The predicted molar refractivity (Wildman–Crippen MR) is 79.8 cm³/mol. The van der Waals surface area contributed by atoms with Crippen LogP contribution in [0.15, 0.2) is 12.1 Å². The number of carbonyl (C=O) groups excluding carboxylic acids is 2. The molecule has 0 aromatic heterocycles. The first kappa shape index (κ1) is 14.3. The van der Waals surface area contributed by atoms with Crippen LogP contribution >= 0.6 is 0 Å². The van der Waals surface area contributed by atoms with Crippen LogP contribution in [0.3, 0.4) is 0 Å². The van der Waals surface area contributed by atoms with E-state index in [-0.39, 0.29) is 17.8 Å². The summed E-state index contributed by atoms with van der Waals surface area (Å²) in [4.78, 5) is 24.2. The quantitative estimate of drug-likeness (QED) is 0.929. The van der Waals surface area contributed by atoms with Crippen molar-refractivity contribution in [3.05, 3.63) is 34.4 Å². The summed E-state index contributed by atoms with van der Waals surface area (Å²) in [5.74, 6) is 0.134. The van der Waals surface area contributed by atoms with E-state index in [4.69, 9.17) is 4.74 Å². The first-order valence-corrected chi connectivity index (χ1v) is 7.71. The van der Waals surface area contributed by atoms with E-state index in [0.29, 0.717) is 18.5 Å². The summed E-state index contributed by atoms with van der Waals surface area (Å²) < 4.78 is 5.51. The van der Waals surface area contributed by atoms with Crippen molar-refractivity contribution < 1.29 is 14.3 Å². The average molecular weight is 287 g/mol. The smallest absolute Gasteiger partial charge is 0.251 e. The Morgan fingerprint density at radius 1 is 1.33 bits per heavy atom. The minimum Gasteiger partial charge on any atom is -0.376 e. The Bertz CT molecular complexity index is 574. The Hall–Kier alpha value is -1.68. The molecule has 0 spiro atoms. The molecule has 1 saturated heterocycles. The van der Waals surface area contributed by atoms with Gasteiger partial charge >= 0.3 is 0 Å². The van der Waals surface area contributed by atoms with Gasteiger partial charge in [-0.15, -0.1) is 0 Å². The van der Waals surface area contributed by atoms with Gasteiger partial charge < -0.3 is 10.1 Å². The molecule has 1 heterocycles. The van der Waals surface area contributed by atoms with Crippen LogP contribution < -0.4 is 5.32 Å². The molecular formula is C17H21NO3. The van der Waals surface area contributed by atoms with E-state index >= 15 is 0 Å². The van der Waals surface area contributed by atoms with Gasteiger partial charge in [0.15, 0.2) is 5.78 Å². The number of fused-ring (bicyclic) bond motifs is 1. The number of Topliss-reactive ketones (excluding diaryl/α,β-unsaturated/α-hetero) is 1. The summed E-state index contributed by atoms with van der Waals surface area (Å²) in [6.45, 7) is 3.27. The van der Waals surface area contributed by atoms with Crippen molar-refractivity contribution in [1.29, 1.82) is 0 Å². The molecule has 21 heavy (non-hydrogen) atoms. The number of carbonyl (C=O) groups is 2. The molecule has 0 bridgehead atoms. The lowest BCUT2D eigenvalue weighted by Crippen LogP contribution is -2.32. The van der Waals surface area contributed by atoms with E-state index in [2.05, 4.69) is 5.32 Å². The first-order chi connectivity index (χ1) is 10.1. The highest BCUT2D eigenvalue weighted by Gasteiger charge is 2.22. The Balaban J connectivity index is 1.74. The number of amides is 1. The number of nitrogens with one attached hydrogen (secondary N) is 1. The van der Waals surface area contributed by atoms with Crippen LogP contribution in [0.25, 0.3) is 0 Å². The highest BCUT2D eigenvalue weighted by molar-refractivity contribution is 6.02. The summed E-state index contributed by atoms with van der Waals surface area (Å²) in [5, 5.41) is 2.94. The van der Waals surface area contributed by atoms with Crippen molar-refractivity contribution in [2.45, 2.75) is 45.1 Å². The van der Waals surface area contributed by atoms with Gasteiger partial charge in [0.25, 0.3) is 5.91 Å². The van der Waals surface area contributed by atoms with Gasteiger partial charge in [-0.3, -0.25) is 9.59 Å². The topological polar surface area (TPSA) is 55.4 Å². The zero-order chi connectivity index (χ0) is 14.8. The van der Waals surface area contributed by atoms with Crippen LogP contribution in [-0.2, 0) is 11.2 Å². The number of hydrogen-bond acceptors (Lipinski definition) is 3. The Kier molecular flexibility index (Phi) is 4.06. The second-order valence-electron chi connectivity index (χ2n) is 5.95. The molecule has 1 aromatic carbocycles. The van der Waals surface area contributed by atoms with Gasteiger partial charge in [0.1, 0.15) is 0 Å². The number of rotatable bonds is 3. The zero-order valence-corrected chi connectivity index (χ0v) is 12.4. The van der Waals surface area contributed by atoms with Crippen molar-refractivity contribution in [2.75, 3.05) is 13.2 Å². The summed E-state index contributed by atoms with van der Waals surface area (Å²) >= 11 is 0. The molecule has 0 radical (unpaired) electrons. The fourth-order valence-electron chi connectivity index (χ4n) is 3.27. The van der Waals surface area contributed by atoms with Crippen molar-refractivity contribution in [3.63, 3.8) is 0 Å². The Labute approximate surface area is 124 Å². The maximum Gasteiger partial charge on any atom is 0.251 e. The lowest BCUT2D eigenvalue weighted by atomic mass is 9.86. The van der Waals surface area contributed by atoms with Crippen LogP contribution in [0, 0.1) is 6.92 Å². The van der Waals surface area contributed by atoms with E-state index in [9.17, 15) is 9.59 Å². The molecule has 0 unspecified atom stereocenters. The van der Waals surface area contributed by atoms with Gasteiger partial charge in [0.2, 0.25) is 0 Å². The second-order valence-corrected chi connectivity index (χ2v) is 5.95. The molecule has 112 valence electrons. The summed E-state index contributed by atoms with van der Waals surface area (Å²) in [7, 11) is 0. The summed E-state index contributed by atoms with van der Waals surface area (Å²) in [6.07, 6.45) is 4.62. The molecule has 1 aromatic rings. The molecule has 0 saturated carbocycles. The Morgan fingerprint density at radius 2 is 2.19 bits per heavy atom. The van der Waals surface area contributed by atoms with Crippen LogP contribution in [-0.4, -0.2) is 30.9 Å². The van der Waals surface area contributed by atoms with Crippen molar-refractivity contribution >= 4 is 11.7 Å². The van der Waals surface area contributed by atoms with Gasteiger partial charge in [0.05, 0.1) is 6.10 Å². The summed E-state index contributed by atoms with van der Waals surface area (Å²) in [6, 6.07) is 3.71. The third-order valence-corrected chi connectivity index (χ3v) is 4.32. The van der Waals surface area contributed by atoms with Crippen LogP contribution in [0.4, 0.5) is 0 Å². The van der Waals surface area contributed by atoms with E-state index < -0.39 is 0 Å². The minimum absolute atomic E-state index is 0.0746. The third-order valence-electron chi connectivity index (χ3n) is 4.32. The van der Waals surface area contributed by atoms with Gasteiger partial charge in [-0.2, -0.15) is 0 Å². The van der Waals surface area contributed by atoms with Crippen molar-refractivity contribution in [3.8, 4) is 0 Å². The van der Waals surface area contributed by atoms with Gasteiger partial charge in [-0.25, -0.2) is 0 Å². The van der Waals surface area contributed by atoms with Gasteiger partial charge in [-0.1, -0.05) is 0 Å². The standard InChI is InChI=1S/C17H21NO3/c1-11-8-13(9-12-4-2-6-15(19)16(11)12)17(20)18-10-14-5-3-7-21-14/h8-9,14H,2-7,10H2,1H3,(H,18,20)/t14-/m0/s1.